The van der Waals surface area contributed by atoms with Gasteiger partial charge in [0.2, 0.25) is 0 Å². The van der Waals surface area contributed by atoms with Crippen molar-refractivity contribution in [1.82, 2.24) is 4.98 Å². The Kier molecular flexibility index (Phi) is 2.29. The van der Waals surface area contributed by atoms with Crippen LogP contribution in [0.25, 0.3) is 17.2 Å². The molecule has 2 heterocycles. The Morgan fingerprint density at radius 2 is 1.94 bits per heavy atom. The van der Waals surface area contributed by atoms with Crippen molar-refractivity contribution in [3.63, 3.8) is 0 Å². The SMILES string of the molecule is OS1(O)C=Cc2ccc(-c3cccnc3)cc21. The zero-order valence-electron chi connectivity index (χ0n) is 8.95. The van der Waals surface area contributed by atoms with Gasteiger partial charge in [0, 0.05) is 23.4 Å². The molecule has 2 aromatic rings. The maximum absolute atomic E-state index is 9.85. The minimum Gasteiger partial charge on any atom is -0.291 e. The Labute approximate surface area is 101 Å². The minimum absolute atomic E-state index is 0.596. The number of aromatic nitrogens is 1. The predicted octanol–water partition coefficient (Wildman–Crippen LogP) is 3.84. The van der Waals surface area contributed by atoms with Crippen LogP contribution >= 0.6 is 10.6 Å². The summed E-state index contributed by atoms with van der Waals surface area (Å²) in [4.78, 5) is 4.65. The summed E-state index contributed by atoms with van der Waals surface area (Å²) in [6, 6.07) is 9.49. The Hall–Kier alpha value is -1.62. The highest BCUT2D eigenvalue weighted by molar-refractivity contribution is 8.27. The van der Waals surface area contributed by atoms with E-state index < -0.39 is 10.6 Å². The van der Waals surface area contributed by atoms with E-state index in [4.69, 9.17) is 0 Å². The quantitative estimate of drug-likeness (QED) is 0.802. The van der Waals surface area contributed by atoms with Gasteiger partial charge in [0.15, 0.2) is 0 Å². The first-order chi connectivity index (χ1) is 8.17. The van der Waals surface area contributed by atoms with Gasteiger partial charge in [-0.3, -0.25) is 14.1 Å². The molecular formula is C13H11NO2S. The summed E-state index contributed by atoms with van der Waals surface area (Å²) >= 11 is 0. The molecule has 0 aliphatic carbocycles. The molecule has 4 heteroatoms. The molecule has 0 atom stereocenters. The summed E-state index contributed by atoms with van der Waals surface area (Å²) in [5, 5.41) is 1.46. The number of hydrogen-bond donors (Lipinski definition) is 2. The van der Waals surface area contributed by atoms with Crippen LogP contribution in [0.5, 0.6) is 0 Å². The molecule has 3 nitrogen and oxygen atoms in total. The lowest BCUT2D eigenvalue weighted by Gasteiger charge is -2.25. The van der Waals surface area contributed by atoms with Crippen LogP contribution in [0.4, 0.5) is 0 Å². The first-order valence-electron chi connectivity index (χ1n) is 5.18. The van der Waals surface area contributed by atoms with Crippen molar-refractivity contribution < 1.29 is 9.11 Å². The maximum atomic E-state index is 9.85. The third-order valence-electron chi connectivity index (χ3n) is 2.77. The van der Waals surface area contributed by atoms with Gasteiger partial charge in [-0.25, -0.2) is 0 Å². The van der Waals surface area contributed by atoms with E-state index in [9.17, 15) is 9.11 Å². The summed E-state index contributed by atoms with van der Waals surface area (Å²) < 4.78 is 19.7. The van der Waals surface area contributed by atoms with Crippen molar-refractivity contribution in [1.29, 1.82) is 0 Å². The molecule has 0 radical (unpaired) electrons. The molecular weight excluding hydrogens is 234 g/mol. The zero-order valence-corrected chi connectivity index (χ0v) is 9.76. The monoisotopic (exact) mass is 245 g/mol. The van der Waals surface area contributed by atoms with E-state index in [-0.39, 0.29) is 0 Å². The van der Waals surface area contributed by atoms with E-state index in [0.717, 1.165) is 16.7 Å². The molecule has 0 fully saturated rings. The summed E-state index contributed by atoms with van der Waals surface area (Å²) in [5.74, 6) is 0. The molecule has 0 saturated heterocycles. The van der Waals surface area contributed by atoms with Crippen LogP contribution in [0, 0.1) is 0 Å². The molecule has 0 spiro atoms. The van der Waals surface area contributed by atoms with Crippen molar-refractivity contribution in [3.8, 4) is 11.1 Å². The van der Waals surface area contributed by atoms with E-state index in [1.54, 1.807) is 18.5 Å². The third-order valence-corrected chi connectivity index (χ3v) is 4.29. The topological polar surface area (TPSA) is 53.4 Å². The average molecular weight is 245 g/mol. The number of hydrogen-bond acceptors (Lipinski definition) is 3. The van der Waals surface area contributed by atoms with E-state index in [1.165, 1.54) is 5.41 Å². The van der Waals surface area contributed by atoms with Gasteiger partial charge in [0.05, 0.1) is 4.90 Å². The van der Waals surface area contributed by atoms with Gasteiger partial charge < -0.3 is 0 Å². The summed E-state index contributed by atoms with van der Waals surface area (Å²) in [7, 11) is -2.74. The van der Waals surface area contributed by atoms with Crippen molar-refractivity contribution in [2.45, 2.75) is 4.90 Å². The fourth-order valence-corrected chi connectivity index (χ4v) is 3.15. The minimum atomic E-state index is -2.74. The van der Waals surface area contributed by atoms with Gasteiger partial charge in [-0.05, 0) is 29.3 Å². The molecule has 3 rings (SSSR count). The number of pyridine rings is 1. The lowest BCUT2D eigenvalue weighted by atomic mass is 10.1. The molecule has 86 valence electrons. The van der Waals surface area contributed by atoms with Crippen LogP contribution in [0.1, 0.15) is 5.56 Å². The van der Waals surface area contributed by atoms with Gasteiger partial charge in [-0.2, -0.15) is 0 Å². The fraction of sp³-hybridized carbons (Fsp3) is 0. The highest BCUT2D eigenvalue weighted by Crippen LogP contribution is 2.56. The number of nitrogens with zero attached hydrogens (tertiary/aromatic N) is 1. The Morgan fingerprint density at radius 1 is 1.06 bits per heavy atom. The van der Waals surface area contributed by atoms with E-state index in [2.05, 4.69) is 4.98 Å². The third kappa shape index (κ3) is 1.76. The molecule has 17 heavy (non-hydrogen) atoms. The second-order valence-corrected chi connectivity index (χ2v) is 5.79. The maximum Gasteiger partial charge on any atom is 0.0709 e. The average Bonchev–Trinajstić information content (AvgIpc) is 2.66. The van der Waals surface area contributed by atoms with Gasteiger partial charge in [-0.1, -0.05) is 18.2 Å². The first kappa shape index (κ1) is 10.5. The summed E-state index contributed by atoms with van der Waals surface area (Å²) in [6.07, 6.45) is 5.22. The second kappa shape index (κ2) is 3.70. The number of rotatable bonds is 1. The van der Waals surface area contributed by atoms with Crippen molar-refractivity contribution in [2.75, 3.05) is 0 Å². The van der Waals surface area contributed by atoms with Crippen LogP contribution in [-0.2, 0) is 0 Å². The Morgan fingerprint density at radius 3 is 2.71 bits per heavy atom. The Bertz CT molecular complexity index is 594. The molecule has 0 amide bonds. The van der Waals surface area contributed by atoms with E-state index >= 15 is 0 Å². The van der Waals surface area contributed by atoms with Crippen LogP contribution in [0.2, 0.25) is 0 Å². The molecule has 0 bridgehead atoms. The highest BCUT2D eigenvalue weighted by atomic mass is 32.3. The molecule has 1 aromatic carbocycles. The van der Waals surface area contributed by atoms with E-state index in [0.29, 0.717) is 4.90 Å². The Balaban J connectivity index is 2.13. The number of fused-ring (bicyclic) bond motifs is 1. The first-order valence-corrected chi connectivity index (χ1v) is 6.79. The second-order valence-electron chi connectivity index (χ2n) is 3.89. The van der Waals surface area contributed by atoms with Gasteiger partial charge in [-0.15, -0.1) is 10.6 Å². The largest absolute Gasteiger partial charge is 0.291 e. The van der Waals surface area contributed by atoms with Crippen molar-refractivity contribution in [2.24, 2.45) is 0 Å². The van der Waals surface area contributed by atoms with Crippen LogP contribution in [0.3, 0.4) is 0 Å². The zero-order chi connectivity index (χ0) is 11.9. The highest BCUT2D eigenvalue weighted by Gasteiger charge is 2.21. The molecule has 0 unspecified atom stereocenters. The predicted molar refractivity (Wildman–Crippen MR) is 69.8 cm³/mol. The number of benzene rings is 1. The van der Waals surface area contributed by atoms with Crippen LogP contribution < -0.4 is 0 Å². The van der Waals surface area contributed by atoms with Crippen molar-refractivity contribution >= 4 is 16.7 Å². The van der Waals surface area contributed by atoms with Gasteiger partial charge in [0.25, 0.3) is 0 Å². The normalized spacial score (nSPS) is 17.8. The summed E-state index contributed by atoms with van der Waals surface area (Å²) in [6.45, 7) is 0. The molecule has 0 saturated carbocycles. The standard InChI is InChI=1S/C13H11NO2S/c15-17(16)7-5-10-3-4-11(8-13(10)17)12-2-1-6-14-9-12/h1-9,15-16H. The van der Waals surface area contributed by atoms with E-state index in [1.807, 2.05) is 30.3 Å². The smallest absolute Gasteiger partial charge is 0.0709 e. The van der Waals surface area contributed by atoms with Gasteiger partial charge in [0.1, 0.15) is 0 Å². The summed E-state index contributed by atoms with van der Waals surface area (Å²) in [5.41, 5.74) is 2.79. The van der Waals surface area contributed by atoms with Crippen LogP contribution in [0.15, 0.2) is 53.0 Å². The van der Waals surface area contributed by atoms with Crippen LogP contribution in [-0.4, -0.2) is 14.1 Å². The lowest BCUT2D eigenvalue weighted by Crippen LogP contribution is -1.92. The molecule has 2 N–H and O–H groups in total. The van der Waals surface area contributed by atoms with Gasteiger partial charge >= 0.3 is 0 Å². The van der Waals surface area contributed by atoms with Crippen molar-refractivity contribution in [3.05, 3.63) is 53.7 Å². The lowest BCUT2D eigenvalue weighted by molar-refractivity contribution is 0.501. The molecule has 1 aromatic heterocycles. The molecule has 1 aliphatic rings. The molecule has 1 aliphatic heterocycles. The fourth-order valence-electron chi connectivity index (χ4n) is 1.89.